The average molecular weight is 440 g/mol. The summed E-state index contributed by atoms with van der Waals surface area (Å²) in [7, 11) is -4.80. The highest BCUT2D eigenvalue weighted by Gasteiger charge is 2.40. The highest BCUT2D eigenvalue weighted by atomic mass is 32.2. The third-order valence-electron chi connectivity index (χ3n) is 4.67. The molecule has 1 saturated heterocycles. The zero-order valence-electron chi connectivity index (χ0n) is 15.0. The minimum absolute atomic E-state index is 0.152. The molecule has 2 aromatic carbocycles. The van der Waals surface area contributed by atoms with Gasteiger partial charge in [0.25, 0.3) is 0 Å². The van der Waals surface area contributed by atoms with E-state index in [1.165, 1.54) is 12.3 Å². The van der Waals surface area contributed by atoms with Gasteiger partial charge in [-0.15, -0.1) is 0 Å². The van der Waals surface area contributed by atoms with E-state index in [9.17, 15) is 26.8 Å². The standard InChI is InChI=1S/C17H15F3N6O3S/c18-17(19,20)12-7-6-11(9-3-1-5-13-10(9)4-2-8-26(13)27)14(15(12)30(21,28)29)16-22-24-25-23-16/h1-8,16,22-25H,(H2,21,28,29). The molecule has 0 radical (unpaired) electrons. The number of alkyl halides is 3. The molecule has 30 heavy (non-hydrogen) atoms. The van der Waals surface area contributed by atoms with Gasteiger partial charge in [-0.05, 0) is 23.3 Å². The van der Waals surface area contributed by atoms with E-state index in [0.717, 1.165) is 6.07 Å². The maximum Gasteiger partial charge on any atom is 0.417 e. The zero-order valence-corrected chi connectivity index (χ0v) is 15.8. The van der Waals surface area contributed by atoms with Crippen molar-refractivity contribution in [2.75, 3.05) is 0 Å². The van der Waals surface area contributed by atoms with Crippen LogP contribution in [0.4, 0.5) is 13.2 Å². The SMILES string of the molecule is NS(=O)(=O)c1c(C(F)(F)F)ccc(-c2cccc3c2ccc[n+]3[O-])c1C1NNNN1. The molecular weight excluding hydrogens is 425 g/mol. The van der Waals surface area contributed by atoms with Gasteiger partial charge in [-0.1, -0.05) is 18.2 Å². The van der Waals surface area contributed by atoms with Crippen LogP contribution in [0.5, 0.6) is 0 Å². The molecule has 0 atom stereocenters. The van der Waals surface area contributed by atoms with Gasteiger partial charge in [-0.3, -0.25) is 0 Å². The molecule has 1 fully saturated rings. The first-order valence-electron chi connectivity index (χ1n) is 8.48. The van der Waals surface area contributed by atoms with Gasteiger partial charge in [-0.25, -0.2) is 24.4 Å². The first kappa shape index (κ1) is 20.5. The second-order valence-corrected chi connectivity index (χ2v) is 7.99. The number of benzene rings is 2. The normalized spacial score (nSPS) is 15.7. The van der Waals surface area contributed by atoms with Crippen molar-refractivity contribution < 1.29 is 26.3 Å². The Hall–Kier alpha value is -2.81. The summed E-state index contributed by atoms with van der Waals surface area (Å²) >= 11 is 0. The van der Waals surface area contributed by atoms with Crippen LogP contribution in [0.25, 0.3) is 22.0 Å². The fourth-order valence-corrected chi connectivity index (χ4v) is 4.53. The largest absolute Gasteiger partial charge is 0.618 e. The summed E-state index contributed by atoms with van der Waals surface area (Å²) in [4.78, 5) is -1.06. The maximum atomic E-state index is 13.6. The lowest BCUT2D eigenvalue weighted by Crippen LogP contribution is -2.33. The van der Waals surface area contributed by atoms with E-state index >= 15 is 0 Å². The van der Waals surface area contributed by atoms with Crippen molar-refractivity contribution in [3.05, 3.63) is 65.0 Å². The molecule has 158 valence electrons. The molecule has 6 N–H and O–H groups in total. The van der Waals surface area contributed by atoms with E-state index in [-0.39, 0.29) is 16.6 Å². The third-order valence-corrected chi connectivity index (χ3v) is 5.67. The summed E-state index contributed by atoms with van der Waals surface area (Å²) in [5, 5.41) is 17.8. The average Bonchev–Trinajstić information content (AvgIpc) is 3.20. The van der Waals surface area contributed by atoms with Crippen LogP contribution in [0.2, 0.25) is 0 Å². The van der Waals surface area contributed by atoms with Gasteiger partial charge in [0.05, 0.1) is 10.9 Å². The number of rotatable bonds is 3. The van der Waals surface area contributed by atoms with Gasteiger partial charge in [0.15, 0.2) is 6.20 Å². The number of halogens is 3. The Morgan fingerprint density at radius 2 is 1.70 bits per heavy atom. The summed E-state index contributed by atoms with van der Waals surface area (Å²) in [6.07, 6.45) is -4.77. The Morgan fingerprint density at radius 1 is 1.00 bits per heavy atom. The van der Waals surface area contributed by atoms with Crippen molar-refractivity contribution in [3.8, 4) is 11.1 Å². The molecule has 13 heteroatoms. The van der Waals surface area contributed by atoms with Crippen molar-refractivity contribution in [3.63, 3.8) is 0 Å². The molecule has 0 saturated carbocycles. The molecule has 0 amide bonds. The van der Waals surface area contributed by atoms with Crippen LogP contribution < -0.4 is 31.8 Å². The Balaban J connectivity index is 2.14. The van der Waals surface area contributed by atoms with E-state index in [0.29, 0.717) is 21.7 Å². The number of hydrogen-bond donors (Lipinski definition) is 5. The molecule has 4 rings (SSSR count). The molecule has 3 aromatic rings. The Morgan fingerprint density at radius 3 is 2.33 bits per heavy atom. The van der Waals surface area contributed by atoms with Gasteiger partial charge < -0.3 is 5.21 Å². The number of hydrazine groups is 3. The second kappa shape index (κ2) is 7.16. The van der Waals surface area contributed by atoms with Gasteiger partial charge in [-0.2, -0.15) is 29.0 Å². The van der Waals surface area contributed by atoms with Crippen LogP contribution >= 0.6 is 0 Å². The van der Waals surface area contributed by atoms with Crippen LogP contribution in [0.1, 0.15) is 17.3 Å². The van der Waals surface area contributed by atoms with E-state index in [4.69, 9.17) is 5.14 Å². The minimum Gasteiger partial charge on any atom is -0.618 e. The number of fused-ring (bicyclic) bond motifs is 1. The van der Waals surface area contributed by atoms with Gasteiger partial charge in [0, 0.05) is 17.7 Å². The molecule has 1 aromatic heterocycles. The summed E-state index contributed by atoms with van der Waals surface area (Å²) in [6.45, 7) is 0. The van der Waals surface area contributed by atoms with Crippen LogP contribution in [0.3, 0.4) is 0 Å². The summed E-state index contributed by atoms with van der Waals surface area (Å²) in [5.41, 5.74) is 9.25. The number of nitrogens with zero attached hydrogens (tertiary/aromatic N) is 1. The first-order valence-corrected chi connectivity index (χ1v) is 10.0. The fourth-order valence-electron chi connectivity index (χ4n) is 3.50. The second-order valence-electron chi connectivity index (χ2n) is 6.49. The molecule has 0 aliphatic carbocycles. The van der Waals surface area contributed by atoms with Crippen molar-refractivity contribution in [2.45, 2.75) is 17.2 Å². The van der Waals surface area contributed by atoms with Crippen LogP contribution in [0.15, 0.2) is 53.6 Å². The van der Waals surface area contributed by atoms with E-state index < -0.39 is 32.8 Å². The Labute approximate surface area is 168 Å². The number of nitrogens with one attached hydrogen (secondary N) is 4. The number of hydrogen-bond acceptors (Lipinski definition) is 7. The highest BCUT2D eigenvalue weighted by molar-refractivity contribution is 7.89. The molecular formula is C17H15F3N6O3S. The number of nitrogens with two attached hydrogens (primary N) is 1. The first-order chi connectivity index (χ1) is 14.1. The number of pyridine rings is 1. The van der Waals surface area contributed by atoms with Gasteiger partial charge >= 0.3 is 6.18 Å². The molecule has 9 nitrogen and oxygen atoms in total. The summed E-state index contributed by atoms with van der Waals surface area (Å²) in [5.74, 6) is 0. The third kappa shape index (κ3) is 3.47. The molecule has 1 aliphatic heterocycles. The molecule has 1 aliphatic rings. The van der Waals surface area contributed by atoms with E-state index in [1.54, 1.807) is 24.3 Å². The van der Waals surface area contributed by atoms with Crippen LogP contribution in [-0.4, -0.2) is 8.42 Å². The minimum atomic E-state index is -4.97. The topological polar surface area (TPSA) is 135 Å². The Kier molecular flexibility index (Phi) is 4.88. The lowest BCUT2D eigenvalue weighted by Gasteiger charge is -2.23. The summed E-state index contributed by atoms with van der Waals surface area (Å²) < 4.78 is 66.2. The van der Waals surface area contributed by atoms with Crippen molar-refractivity contribution >= 4 is 20.9 Å². The van der Waals surface area contributed by atoms with E-state index in [1.807, 2.05) is 0 Å². The predicted octanol–water partition coefficient (Wildman–Crippen LogP) is 0.922. The number of aromatic nitrogens is 1. The quantitative estimate of drug-likeness (QED) is 0.302. The molecule has 2 heterocycles. The lowest BCUT2D eigenvalue weighted by atomic mass is 9.93. The highest BCUT2D eigenvalue weighted by Crippen LogP contribution is 2.42. The van der Waals surface area contributed by atoms with Gasteiger partial charge in [0.2, 0.25) is 15.5 Å². The molecule has 0 unspecified atom stereocenters. The van der Waals surface area contributed by atoms with E-state index in [2.05, 4.69) is 21.9 Å². The monoisotopic (exact) mass is 440 g/mol. The van der Waals surface area contributed by atoms with Crippen LogP contribution in [-0.2, 0) is 16.2 Å². The van der Waals surface area contributed by atoms with Crippen molar-refractivity contribution in [2.24, 2.45) is 5.14 Å². The van der Waals surface area contributed by atoms with Crippen molar-refractivity contribution in [1.82, 2.24) is 21.9 Å². The summed E-state index contributed by atoms with van der Waals surface area (Å²) in [6, 6.07) is 9.60. The predicted molar refractivity (Wildman–Crippen MR) is 100 cm³/mol. The number of sulfonamides is 1. The fraction of sp³-hybridized carbons (Fsp3) is 0.118. The Bertz CT molecular complexity index is 1240. The van der Waals surface area contributed by atoms with Crippen LogP contribution in [0, 0.1) is 5.21 Å². The lowest BCUT2D eigenvalue weighted by molar-refractivity contribution is -0.577. The smallest absolute Gasteiger partial charge is 0.417 e. The van der Waals surface area contributed by atoms with Crippen molar-refractivity contribution in [1.29, 1.82) is 0 Å². The number of primary sulfonamides is 1. The molecule has 0 spiro atoms. The maximum absolute atomic E-state index is 13.6. The zero-order chi connectivity index (χ0) is 21.7. The molecule has 0 bridgehead atoms. The van der Waals surface area contributed by atoms with Gasteiger partial charge in [0.1, 0.15) is 11.1 Å².